The summed E-state index contributed by atoms with van der Waals surface area (Å²) < 4.78 is 0.561. The fourth-order valence-corrected chi connectivity index (χ4v) is 2.13. The highest BCUT2D eigenvalue weighted by Crippen LogP contribution is 2.16. The molecule has 0 fully saturated rings. The molecule has 0 aliphatic carbocycles. The number of allylic oxidation sites excluding steroid dienone is 3. The average molecular weight is 319 g/mol. The summed E-state index contributed by atoms with van der Waals surface area (Å²) in [6.07, 6.45) is 10.5. The van der Waals surface area contributed by atoms with Crippen molar-refractivity contribution < 1.29 is 0 Å². The maximum atomic E-state index is 4.53. The zero-order valence-corrected chi connectivity index (χ0v) is 12.4. The van der Waals surface area contributed by atoms with E-state index in [2.05, 4.69) is 60.5 Å². The van der Waals surface area contributed by atoms with Gasteiger partial charge in [-0.2, -0.15) is 0 Å². The second-order valence-electron chi connectivity index (χ2n) is 3.66. The Morgan fingerprint density at radius 3 is 2.47 bits per heavy atom. The topological polar surface area (TPSA) is 12.4 Å². The van der Waals surface area contributed by atoms with Crippen LogP contribution in [0.15, 0.2) is 29.4 Å². The summed E-state index contributed by atoms with van der Waals surface area (Å²) in [5, 5.41) is 0. The van der Waals surface area contributed by atoms with Crippen molar-refractivity contribution >= 4 is 28.3 Å². The van der Waals surface area contributed by atoms with Crippen LogP contribution in [0.1, 0.15) is 40.5 Å². The molecule has 15 heavy (non-hydrogen) atoms. The van der Waals surface area contributed by atoms with Crippen LogP contribution in [-0.2, 0) is 0 Å². The summed E-state index contributed by atoms with van der Waals surface area (Å²) in [7, 11) is 0. The molecule has 0 bridgehead atoms. The van der Waals surface area contributed by atoms with E-state index in [0.717, 1.165) is 12.8 Å². The molecular weight excluding hydrogens is 297 g/mol. The van der Waals surface area contributed by atoms with Gasteiger partial charge in [0.25, 0.3) is 0 Å². The average Bonchev–Trinajstić information content (AvgIpc) is 2.23. The van der Waals surface area contributed by atoms with Gasteiger partial charge in [-0.05, 0) is 26.2 Å². The van der Waals surface area contributed by atoms with E-state index < -0.39 is 0 Å². The monoisotopic (exact) mass is 319 g/mol. The molecule has 0 spiro atoms. The van der Waals surface area contributed by atoms with Gasteiger partial charge in [0.15, 0.2) is 0 Å². The molecule has 1 unspecified atom stereocenters. The van der Waals surface area contributed by atoms with Gasteiger partial charge in [-0.3, -0.25) is 4.99 Å². The lowest BCUT2D eigenvalue weighted by Crippen LogP contribution is -2.14. The lowest BCUT2D eigenvalue weighted by molar-refractivity contribution is 0.722. The van der Waals surface area contributed by atoms with E-state index in [0.29, 0.717) is 9.84 Å². The Morgan fingerprint density at radius 2 is 2.00 bits per heavy atom. The maximum Gasteiger partial charge on any atom is 0.0341 e. The van der Waals surface area contributed by atoms with Gasteiger partial charge >= 0.3 is 0 Å². The largest absolute Gasteiger partial charge is 0.266 e. The van der Waals surface area contributed by atoms with E-state index in [-0.39, 0.29) is 0 Å². The summed E-state index contributed by atoms with van der Waals surface area (Å²) in [5.74, 6) is 0.587. The van der Waals surface area contributed by atoms with E-state index in [1.165, 1.54) is 5.71 Å². The van der Waals surface area contributed by atoms with Crippen LogP contribution in [0.3, 0.4) is 0 Å². The minimum atomic E-state index is 0.561. The first-order valence-electron chi connectivity index (χ1n) is 5.60. The zero-order valence-electron chi connectivity index (χ0n) is 10.2. The summed E-state index contributed by atoms with van der Waals surface area (Å²) in [6.45, 7) is 8.54. The highest BCUT2D eigenvalue weighted by atomic mass is 127. The Kier molecular flexibility index (Phi) is 9.06. The van der Waals surface area contributed by atoms with Crippen LogP contribution in [0.5, 0.6) is 0 Å². The third-order valence-corrected chi connectivity index (χ3v) is 3.23. The fourth-order valence-electron chi connectivity index (χ4n) is 1.26. The van der Waals surface area contributed by atoms with Crippen LogP contribution in [0.25, 0.3) is 0 Å². The number of hydrogen-bond acceptors (Lipinski definition) is 1. The number of nitrogens with zero attached hydrogens (tertiary/aromatic N) is 1. The third-order valence-electron chi connectivity index (χ3n) is 2.38. The maximum absolute atomic E-state index is 4.53. The highest BCUT2D eigenvalue weighted by molar-refractivity contribution is 14.1. The van der Waals surface area contributed by atoms with E-state index in [4.69, 9.17) is 0 Å². The normalized spacial score (nSPS) is 17.5. The summed E-state index contributed by atoms with van der Waals surface area (Å²) in [5.41, 5.74) is 1.31. The van der Waals surface area contributed by atoms with Crippen molar-refractivity contribution in [1.82, 2.24) is 0 Å². The summed E-state index contributed by atoms with van der Waals surface area (Å²) in [6, 6.07) is 0. The van der Waals surface area contributed by atoms with Crippen molar-refractivity contribution in [2.75, 3.05) is 0 Å². The minimum absolute atomic E-state index is 0.561. The van der Waals surface area contributed by atoms with E-state index in [1.807, 2.05) is 19.2 Å². The van der Waals surface area contributed by atoms with Crippen molar-refractivity contribution in [1.29, 1.82) is 0 Å². The van der Waals surface area contributed by atoms with E-state index in [1.54, 1.807) is 0 Å². The molecule has 0 aromatic carbocycles. The minimum Gasteiger partial charge on any atom is -0.266 e. The van der Waals surface area contributed by atoms with Gasteiger partial charge in [0.2, 0.25) is 0 Å². The Balaban J connectivity index is 4.50. The predicted molar refractivity (Wildman–Crippen MR) is 78.9 cm³/mol. The quantitative estimate of drug-likeness (QED) is 0.289. The Labute approximate surface area is 108 Å². The molecule has 0 radical (unpaired) electrons. The molecular formula is C13H22IN. The first-order chi connectivity index (χ1) is 7.15. The lowest BCUT2D eigenvalue weighted by atomic mass is 9.98. The molecule has 0 N–H and O–H groups in total. The standard InChI is InChI=1S/C13H22IN/c1-5-8-12(14)10-13(11(4)7-3)15-9-6-2/h5-6,8-9,11-12H,7,10H2,1-4H3/b8-5-,9-6-,15-13?/t11-,12?/m0/s1. The van der Waals surface area contributed by atoms with Gasteiger partial charge in [-0.1, -0.05) is 54.7 Å². The van der Waals surface area contributed by atoms with Crippen LogP contribution in [0.4, 0.5) is 0 Å². The molecule has 0 aliphatic rings. The zero-order chi connectivity index (χ0) is 11.7. The number of aliphatic imine (C=N–C) groups is 1. The van der Waals surface area contributed by atoms with Gasteiger partial charge < -0.3 is 0 Å². The molecule has 0 aromatic heterocycles. The van der Waals surface area contributed by atoms with Crippen molar-refractivity contribution in [3.63, 3.8) is 0 Å². The molecule has 1 nitrogen and oxygen atoms in total. The highest BCUT2D eigenvalue weighted by Gasteiger charge is 2.11. The Bertz CT molecular complexity index is 241. The van der Waals surface area contributed by atoms with Gasteiger partial charge in [-0.15, -0.1) is 0 Å². The Morgan fingerprint density at radius 1 is 1.33 bits per heavy atom. The molecule has 0 rings (SSSR count). The van der Waals surface area contributed by atoms with Crippen LogP contribution < -0.4 is 0 Å². The van der Waals surface area contributed by atoms with Crippen molar-refractivity contribution in [3.8, 4) is 0 Å². The van der Waals surface area contributed by atoms with Gasteiger partial charge in [-0.25, -0.2) is 0 Å². The number of halogens is 1. The van der Waals surface area contributed by atoms with Gasteiger partial charge in [0, 0.05) is 22.3 Å². The van der Waals surface area contributed by atoms with Crippen LogP contribution in [0, 0.1) is 5.92 Å². The number of alkyl halides is 1. The Hall–Kier alpha value is -0.120. The van der Waals surface area contributed by atoms with Crippen LogP contribution >= 0.6 is 22.6 Å². The summed E-state index contributed by atoms with van der Waals surface area (Å²) >= 11 is 2.47. The SMILES string of the molecule is C/C=C\N=C(CC(I)/C=C\C)[C@@H](C)CC. The number of rotatable bonds is 6. The molecule has 0 heterocycles. The molecule has 0 amide bonds. The van der Waals surface area contributed by atoms with Gasteiger partial charge in [0.05, 0.1) is 0 Å². The second kappa shape index (κ2) is 9.13. The van der Waals surface area contributed by atoms with Crippen molar-refractivity contribution in [3.05, 3.63) is 24.4 Å². The molecule has 86 valence electrons. The molecule has 0 aliphatic heterocycles. The molecule has 0 aromatic rings. The first-order valence-corrected chi connectivity index (χ1v) is 6.84. The van der Waals surface area contributed by atoms with Crippen LogP contribution in [-0.4, -0.2) is 9.64 Å². The number of hydrogen-bond donors (Lipinski definition) is 0. The molecule has 0 saturated heterocycles. The van der Waals surface area contributed by atoms with Crippen molar-refractivity contribution in [2.45, 2.75) is 44.5 Å². The second-order valence-corrected chi connectivity index (χ2v) is 5.26. The van der Waals surface area contributed by atoms with E-state index in [9.17, 15) is 0 Å². The molecule has 0 saturated carbocycles. The lowest BCUT2D eigenvalue weighted by Gasteiger charge is -2.14. The third kappa shape index (κ3) is 6.88. The first kappa shape index (κ1) is 14.9. The summed E-state index contributed by atoms with van der Waals surface area (Å²) in [4.78, 5) is 4.53. The van der Waals surface area contributed by atoms with E-state index >= 15 is 0 Å². The fraction of sp³-hybridized carbons (Fsp3) is 0.615. The smallest absolute Gasteiger partial charge is 0.0341 e. The molecule has 2 atom stereocenters. The van der Waals surface area contributed by atoms with Crippen molar-refractivity contribution in [2.24, 2.45) is 10.9 Å². The van der Waals surface area contributed by atoms with Gasteiger partial charge in [0.1, 0.15) is 0 Å². The molecule has 2 heteroatoms. The predicted octanol–water partition coefficient (Wildman–Crippen LogP) is 4.78. The van der Waals surface area contributed by atoms with Crippen LogP contribution in [0.2, 0.25) is 0 Å².